The number of aromatic nitrogens is 3. The highest BCUT2D eigenvalue weighted by atomic mass is 16.3. The van der Waals surface area contributed by atoms with Gasteiger partial charge in [0.05, 0.1) is 11.6 Å². The van der Waals surface area contributed by atoms with Gasteiger partial charge in [0.2, 0.25) is 5.95 Å². The molecule has 0 spiro atoms. The van der Waals surface area contributed by atoms with E-state index in [9.17, 15) is 5.11 Å². The first-order valence-corrected chi connectivity index (χ1v) is 5.33. The van der Waals surface area contributed by atoms with Gasteiger partial charge in [0.1, 0.15) is 0 Å². The molecule has 3 rings (SSSR count). The summed E-state index contributed by atoms with van der Waals surface area (Å²) in [4.78, 5) is 14.8. The second kappa shape index (κ2) is 3.68. The van der Waals surface area contributed by atoms with Gasteiger partial charge in [-0.05, 0) is 12.5 Å². The fraction of sp³-hybridized carbons (Fsp3) is 0.364. The van der Waals surface area contributed by atoms with Gasteiger partial charge in [-0.25, -0.2) is 9.97 Å². The normalized spacial score (nSPS) is 20.6. The molecule has 1 atom stereocenters. The van der Waals surface area contributed by atoms with Crippen molar-refractivity contribution in [3.63, 3.8) is 0 Å². The molecule has 1 saturated heterocycles. The molecule has 3 heterocycles. The largest absolute Gasteiger partial charge is 0.391 e. The third-order valence-corrected chi connectivity index (χ3v) is 2.81. The van der Waals surface area contributed by atoms with Crippen LogP contribution in [0.15, 0.2) is 24.7 Å². The first-order valence-electron chi connectivity index (χ1n) is 5.33. The molecule has 0 aromatic carbocycles. The van der Waals surface area contributed by atoms with Gasteiger partial charge in [0.15, 0.2) is 0 Å². The van der Waals surface area contributed by atoms with Gasteiger partial charge in [-0.15, -0.1) is 0 Å². The minimum Gasteiger partial charge on any atom is -0.391 e. The zero-order chi connectivity index (χ0) is 11.0. The summed E-state index contributed by atoms with van der Waals surface area (Å²) in [5.41, 5.74) is 0.890. The summed E-state index contributed by atoms with van der Waals surface area (Å²) < 4.78 is 0. The summed E-state index contributed by atoms with van der Waals surface area (Å²) in [5.74, 6) is 0.690. The van der Waals surface area contributed by atoms with Gasteiger partial charge in [0, 0.05) is 37.1 Å². The zero-order valence-electron chi connectivity index (χ0n) is 8.74. The maximum Gasteiger partial charge on any atom is 0.225 e. The second-order valence-corrected chi connectivity index (χ2v) is 3.99. The topological polar surface area (TPSA) is 62.1 Å². The van der Waals surface area contributed by atoms with Crippen LogP contribution in [-0.2, 0) is 0 Å². The summed E-state index contributed by atoms with van der Waals surface area (Å²) in [5, 5.41) is 10.4. The molecule has 0 bridgehead atoms. The molecule has 82 valence electrons. The Bertz CT molecular complexity index is 516. The molecule has 0 amide bonds. The number of aliphatic hydroxyl groups excluding tert-OH is 1. The third kappa shape index (κ3) is 1.59. The smallest absolute Gasteiger partial charge is 0.225 e. The van der Waals surface area contributed by atoms with Gasteiger partial charge in [-0.1, -0.05) is 0 Å². The van der Waals surface area contributed by atoms with Crippen molar-refractivity contribution in [1.29, 1.82) is 0 Å². The van der Waals surface area contributed by atoms with E-state index in [0.717, 1.165) is 23.9 Å². The van der Waals surface area contributed by atoms with E-state index in [1.807, 2.05) is 11.0 Å². The number of pyridine rings is 1. The molecule has 2 aromatic rings. The lowest BCUT2D eigenvalue weighted by molar-refractivity contribution is 0.198. The number of fused-ring (bicyclic) bond motifs is 1. The standard InChI is InChI=1S/C11H12N4O/c16-9-2-4-15(7-9)11-13-6-8-5-12-3-1-10(8)14-11/h1,3,5-6,9,16H,2,4,7H2/t9-/m0/s1. The third-order valence-electron chi connectivity index (χ3n) is 2.81. The van der Waals surface area contributed by atoms with Crippen molar-refractivity contribution in [1.82, 2.24) is 15.0 Å². The fourth-order valence-corrected chi connectivity index (χ4v) is 1.94. The van der Waals surface area contributed by atoms with Gasteiger partial charge < -0.3 is 10.0 Å². The molecule has 1 N–H and O–H groups in total. The van der Waals surface area contributed by atoms with Crippen LogP contribution in [0.5, 0.6) is 0 Å². The molecule has 1 fully saturated rings. The Morgan fingerprint density at radius 1 is 1.38 bits per heavy atom. The Hall–Kier alpha value is -1.75. The van der Waals surface area contributed by atoms with Crippen molar-refractivity contribution < 1.29 is 5.11 Å². The number of hydrogen-bond donors (Lipinski definition) is 1. The lowest BCUT2D eigenvalue weighted by Crippen LogP contribution is -2.23. The van der Waals surface area contributed by atoms with E-state index in [0.29, 0.717) is 12.5 Å². The van der Waals surface area contributed by atoms with Gasteiger partial charge in [0.25, 0.3) is 0 Å². The SMILES string of the molecule is O[C@H]1CCN(c2ncc3cnccc3n2)C1. The van der Waals surface area contributed by atoms with Crippen LogP contribution in [0.25, 0.3) is 10.9 Å². The minimum atomic E-state index is -0.253. The number of rotatable bonds is 1. The Labute approximate surface area is 92.8 Å². The highest BCUT2D eigenvalue weighted by Gasteiger charge is 2.22. The first-order chi connectivity index (χ1) is 7.83. The molecule has 5 heteroatoms. The highest BCUT2D eigenvalue weighted by Crippen LogP contribution is 2.18. The molecule has 16 heavy (non-hydrogen) atoms. The van der Waals surface area contributed by atoms with Crippen LogP contribution in [0, 0.1) is 0 Å². The Kier molecular flexibility index (Phi) is 2.18. The summed E-state index contributed by atoms with van der Waals surface area (Å²) >= 11 is 0. The van der Waals surface area contributed by atoms with E-state index in [1.165, 1.54) is 0 Å². The van der Waals surface area contributed by atoms with E-state index >= 15 is 0 Å². The van der Waals surface area contributed by atoms with Crippen LogP contribution in [0.4, 0.5) is 5.95 Å². The maximum atomic E-state index is 9.47. The van der Waals surface area contributed by atoms with E-state index in [4.69, 9.17) is 0 Å². The molecular formula is C11H12N4O. The highest BCUT2D eigenvalue weighted by molar-refractivity contribution is 5.77. The van der Waals surface area contributed by atoms with E-state index < -0.39 is 0 Å². The monoisotopic (exact) mass is 216 g/mol. The summed E-state index contributed by atoms with van der Waals surface area (Å²) in [6.07, 6.45) is 5.78. The van der Waals surface area contributed by atoms with Crippen molar-refractivity contribution in [3.8, 4) is 0 Å². The molecule has 0 unspecified atom stereocenters. The van der Waals surface area contributed by atoms with E-state index in [-0.39, 0.29) is 6.10 Å². The van der Waals surface area contributed by atoms with Crippen molar-refractivity contribution in [2.24, 2.45) is 0 Å². The molecule has 2 aromatic heterocycles. The number of aliphatic hydroxyl groups is 1. The van der Waals surface area contributed by atoms with Crippen LogP contribution in [0.1, 0.15) is 6.42 Å². The first kappa shape index (κ1) is 9.47. The molecule has 1 aliphatic heterocycles. The van der Waals surface area contributed by atoms with Gasteiger partial charge in [-0.3, -0.25) is 4.98 Å². The molecule has 5 nitrogen and oxygen atoms in total. The fourth-order valence-electron chi connectivity index (χ4n) is 1.94. The predicted octanol–water partition coefficient (Wildman–Crippen LogP) is 0.596. The molecule has 0 radical (unpaired) electrons. The number of nitrogens with zero attached hydrogens (tertiary/aromatic N) is 4. The van der Waals surface area contributed by atoms with Crippen LogP contribution < -0.4 is 4.90 Å². The molecule has 0 saturated carbocycles. The number of β-amino-alcohol motifs (C(OH)–C–C–N with tert-alkyl or cyclic N) is 1. The zero-order valence-corrected chi connectivity index (χ0v) is 8.74. The Morgan fingerprint density at radius 2 is 2.31 bits per heavy atom. The van der Waals surface area contributed by atoms with Crippen LogP contribution in [0.3, 0.4) is 0 Å². The summed E-state index contributed by atoms with van der Waals surface area (Å²) in [6, 6.07) is 1.87. The molecule has 0 aliphatic carbocycles. The second-order valence-electron chi connectivity index (χ2n) is 3.99. The number of hydrogen-bond acceptors (Lipinski definition) is 5. The quantitative estimate of drug-likeness (QED) is 0.756. The molecule has 1 aliphatic rings. The summed E-state index contributed by atoms with van der Waals surface area (Å²) in [7, 11) is 0. The van der Waals surface area contributed by atoms with E-state index in [2.05, 4.69) is 15.0 Å². The van der Waals surface area contributed by atoms with Crippen LogP contribution in [-0.4, -0.2) is 39.3 Å². The van der Waals surface area contributed by atoms with Crippen LogP contribution >= 0.6 is 0 Å². The lowest BCUT2D eigenvalue weighted by atomic mass is 10.3. The Morgan fingerprint density at radius 3 is 3.12 bits per heavy atom. The predicted molar refractivity (Wildman–Crippen MR) is 60.2 cm³/mol. The van der Waals surface area contributed by atoms with Gasteiger partial charge >= 0.3 is 0 Å². The van der Waals surface area contributed by atoms with E-state index in [1.54, 1.807) is 18.6 Å². The van der Waals surface area contributed by atoms with Crippen molar-refractivity contribution in [2.75, 3.05) is 18.0 Å². The summed E-state index contributed by atoms with van der Waals surface area (Å²) in [6.45, 7) is 1.44. The number of anilines is 1. The average Bonchev–Trinajstić information content (AvgIpc) is 2.75. The van der Waals surface area contributed by atoms with Crippen molar-refractivity contribution in [2.45, 2.75) is 12.5 Å². The minimum absolute atomic E-state index is 0.253. The Balaban J connectivity index is 1.99. The molecular weight excluding hydrogens is 204 g/mol. The lowest BCUT2D eigenvalue weighted by Gasteiger charge is -2.15. The van der Waals surface area contributed by atoms with Crippen molar-refractivity contribution in [3.05, 3.63) is 24.7 Å². The average molecular weight is 216 g/mol. The maximum absolute atomic E-state index is 9.47. The van der Waals surface area contributed by atoms with Gasteiger partial charge in [-0.2, -0.15) is 0 Å². The van der Waals surface area contributed by atoms with Crippen LogP contribution in [0.2, 0.25) is 0 Å². The van der Waals surface area contributed by atoms with Crippen molar-refractivity contribution >= 4 is 16.9 Å².